The van der Waals surface area contributed by atoms with Crippen molar-refractivity contribution in [1.29, 1.82) is 0 Å². The first-order valence-corrected chi connectivity index (χ1v) is 10.6. The van der Waals surface area contributed by atoms with Crippen LogP contribution in [0.5, 0.6) is 5.75 Å². The van der Waals surface area contributed by atoms with Crippen LogP contribution in [-0.4, -0.2) is 34.1 Å². The maximum Gasteiger partial charge on any atom is 0.270 e. The Balaban J connectivity index is 0.00000240. The van der Waals surface area contributed by atoms with E-state index in [0.29, 0.717) is 26.6 Å². The van der Waals surface area contributed by atoms with Gasteiger partial charge in [-0.15, -0.1) is 23.7 Å². The number of amides is 1. The quantitative estimate of drug-likeness (QED) is 0.365. The second-order valence-corrected chi connectivity index (χ2v) is 8.74. The predicted octanol–water partition coefficient (Wildman–Crippen LogP) is 5.38. The first-order chi connectivity index (χ1) is 13.7. The van der Waals surface area contributed by atoms with Crippen LogP contribution in [0.15, 0.2) is 49.1 Å². The highest BCUT2D eigenvalue weighted by atomic mass is 35.5. The van der Waals surface area contributed by atoms with Gasteiger partial charge in [0.1, 0.15) is 11.3 Å². The molecule has 4 rings (SSSR count). The fourth-order valence-corrected chi connectivity index (χ4v) is 4.87. The van der Waals surface area contributed by atoms with Crippen molar-refractivity contribution in [2.24, 2.45) is 0 Å². The summed E-state index contributed by atoms with van der Waals surface area (Å²) >= 11 is 8.79. The van der Waals surface area contributed by atoms with E-state index >= 15 is 0 Å². The van der Waals surface area contributed by atoms with Crippen LogP contribution in [0.2, 0.25) is 4.34 Å². The molecule has 0 spiro atoms. The number of hydrogen-bond donors (Lipinski definition) is 0. The third-order valence-corrected chi connectivity index (χ3v) is 6.47. The highest BCUT2D eigenvalue weighted by Gasteiger charge is 2.23. The van der Waals surface area contributed by atoms with Crippen molar-refractivity contribution in [3.63, 3.8) is 0 Å². The minimum Gasteiger partial charge on any atom is -0.494 e. The van der Waals surface area contributed by atoms with Gasteiger partial charge >= 0.3 is 0 Å². The average molecular weight is 469 g/mol. The van der Waals surface area contributed by atoms with E-state index < -0.39 is 0 Å². The molecule has 10 heteroatoms. The van der Waals surface area contributed by atoms with Gasteiger partial charge in [-0.3, -0.25) is 9.69 Å². The number of imidazole rings is 1. The summed E-state index contributed by atoms with van der Waals surface area (Å²) in [5, 5.41) is 0.652. The number of nitrogens with zero attached hydrogens (tertiary/aromatic N) is 4. The zero-order valence-electron chi connectivity index (χ0n) is 15.4. The van der Waals surface area contributed by atoms with Crippen molar-refractivity contribution in [3.05, 3.63) is 58.3 Å². The molecule has 0 aliphatic rings. The fourth-order valence-electron chi connectivity index (χ4n) is 2.87. The van der Waals surface area contributed by atoms with Gasteiger partial charge in [-0.1, -0.05) is 29.0 Å². The summed E-state index contributed by atoms with van der Waals surface area (Å²) in [6, 6.07) is 9.27. The summed E-state index contributed by atoms with van der Waals surface area (Å²) < 4.78 is 8.97. The van der Waals surface area contributed by atoms with Gasteiger partial charge in [0.15, 0.2) is 5.13 Å². The number of para-hydroxylation sites is 1. The van der Waals surface area contributed by atoms with E-state index in [9.17, 15) is 4.79 Å². The molecule has 3 heterocycles. The molecular formula is C19H18Cl2N4O2S2. The van der Waals surface area contributed by atoms with Gasteiger partial charge in [0.25, 0.3) is 5.91 Å². The van der Waals surface area contributed by atoms with Gasteiger partial charge in [-0.05, 0) is 30.7 Å². The lowest BCUT2D eigenvalue weighted by Gasteiger charge is -2.19. The van der Waals surface area contributed by atoms with E-state index in [1.54, 1.807) is 36.7 Å². The fraction of sp³-hybridized carbons (Fsp3) is 0.211. The van der Waals surface area contributed by atoms with E-state index in [1.807, 2.05) is 29.0 Å². The molecule has 0 radical (unpaired) electrons. The molecule has 1 aromatic carbocycles. The number of thiophene rings is 1. The second-order valence-electron chi connectivity index (χ2n) is 6.02. The average Bonchev–Trinajstić information content (AvgIpc) is 3.44. The summed E-state index contributed by atoms with van der Waals surface area (Å²) in [7, 11) is 1.62. The standard InChI is InChI=1S/C19H17ClN4O2S2.ClH/c1-26-13-4-2-5-14-17(13)22-19(28-14)24(10-3-9-23-11-8-21-12-23)18(25)15-6-7-16(20)27-15;/h2,4-8,11-12H,3,9-10H2,1H3;1H. The van der Waals surface area contributed by atoms with Gasteiger partial charge in [0.2, 0.25) is 0 Å². The minimum absolute atomic E-state index is 0. The first-order valence-electron chi connectivity index (χ1n) is 8.62. The van der Waals surface area contributed by atoms with E-state index in [2.05, 4.69) is 4.98 Å². The monoisotopic (exact) mass is 468 g/mol. The molecule has 4 aromatic rings. The Morgan fingerprint density at radius 2 is 2.14 bits per heavy atom. The molecule has 0 saturated carbocycles. The smallest absolute Gasteiger partial charge is 0.270 e. The van der Waals surface area contributed by atoms with Crippen molar-refractivity contribution in [1.82, 2.24) is 14.5 Å². The number of methoxy groups -OCH3 is 1. The summed E-state index contributed by atoms with van der Waals surface area (Å²) in [6.45, 7) is 1.30. The summed E-state index contributed by atoms with van der Waals surface area (Å²) in [4.78, 5) is 24.3. The van der Waals surface area contributed by atoms with Crippen LogP contribution in [0.1, 0.15) is 16.1 Å². The highest BCUT2D eigenvalue weighted by Crippen LogP contribution is 2.35. The molecule has 0 bridgehead atoms. The van der Waals surface area contributed by atoms with Crippen LogP contribution in [0.3, 0.4) is 0 Å². The summed E-state index contributed by atoms with van der Waals surface area (Å²) in [5.41, 5.74) is 0.765. The van der Waals surface area contributed by atoms with Crippen LogP contribution in [0.4, 0.5) is 5.13 Å². The van der Waals surface area contributed by atoms with Crippen LogP contribution in [0, 0.1) is 0 Å². The Hall–Kier alpha value is -2.13. The lowest BCUT2D eigenvalue weighted by atomic mass is 10.3. The van der Waals surface area contributed by atoms with Gasteiger partial charge < -0.3 is 9.30 Å². The number of carbonyl (C=O) groups is 1. The number of thiazole rings is 1. The van der Waals surface area contributed by atoms with Gasteiger partial charge in [-0.25, -0.2) is 9.97 Å². The number of benzene rings is 1. The minimum atomic E-state index is -0.0967. The van der Waals surface area contributed by atoms with E-state index in [1.165, 1.54) is 22.7 Å². The number of anilines is 1. The molecule has 3 aromatic heterocycles. The normalized spacial score (nSPS) is 10.7. The van der Waals surface area contributed by atoms with Gasteiger partial charge in [0.05, 0.1) is 27.4 Å². The lowest BCUT2D eigenvalue weighted by molar-refractivity contribution is 0.0990. The Labute approximate surface area is 187 Å². The first kappa shape index (κ1) is 21.6. The van der Waals surface area contributed by atoms with Crippen LogP contribution in [-0.2, 0) is 6.54 Å². The number of hydrogen-bond acceptors (Lipinski definition) is 6. The molecule has 0 saturated heterocycles. The molecule has 0 N–H and O–H groups in total. The SMILES string of the molecule is COc1cccc2sc(N(CCCn3ccnc3)C(=O)c3ccc(Cl)s3)nc12.Cl. The number of rotatable bonds is 7. The second kappa shape index (κ2) is 9.58. The number of aromatic nitrogens is 3. The van der Waals surface area contributed by atoms with Crippen LogP contribution in [0.25, 0.3) is 10.2 Å². The number of ether oxygens (including phenoxy) is 1. The predicted molar refractivity (Wildman–Crippen MR) is 121 cm³/mol. The van der Waals surface area contributed by atoms with Crippen LogP contribution >= 0.6 is 46.7 Å². The third kappa shape index (κ3) is 4.72. The maximum atomic E-state index is 13.2. The Morgan fingerprint density at radius 1 is 1.28 bits per heavy atom. The zero-order chi connectivity index (χ0) is 19.5. The zero-order valence-corrected chi connectivity index (χ0v) is 18.7. The van der Waals surface area contributed by atoms with E-state index in [0.717, 1.165) is 23.2 Å². The molecule has 0 fully saturated rings. The molecule has 6 nitrogen and oxygen atoms in total. The summed E-state index contributed by atoms with van der Waals surface area (Å²) in [5.74, 6) is 0.602. The largest absolute Gasteiger partial charge is 0.494 e. The maximum absolute atomic E-state index is 13.2. The van der Waals surface area contributed by atoms with E-state index in [4.69, 9.17) is 21.3 Å². The molecule has 0 aliphatic carbocycles. The molecule has 0 atom stereocenters. The Bertz CT molecular complexity index is 1090. The van der Waals surface area contributed by atoms with Crippen LogP contribution < -0.4 is 9.64 Å². The van der Waals surface area contributed by atoms with E-state index in [-0.39, 0.29) is 18.3 Å². The number of halogens is 2. The molecule has 0 unspecified atom stereocenters. The van der Waals surface area contributed by atoms with Gasteiger partial charge in [-0.2, -0.15) is 0 Å². The third-order valence-electron chi connectivity index (χ3n) is 4.21. The Morgan fingerprint density at radius 3 is 2.83 bits per heavy atom. The Kier molecular flexibility index (Phi) is 7.13. The number of carbonyl (C=O) groups excluding carboxylic acids is 1. The summed E-state index contributed by atoms with van der Waals surface area (Å²) in [6.07, 6.45) is 6.20. The van der Waals surface area contributed by atoms with Crippen molar-refractivity contribution >= 4 is 67.9 Å². The molecule has 0 aliphatic heterocycles. The van der Waals surface area contributed by atoms with Crippen molar-refractivity contribution in [3.8, 4) is 5.75 Å². The number of fused-ring (bicyclic) bond motifs is 1. The molecule has 1 amide bonds. The van der Waals surface area contributed by atoms with Crippen molar-refractivity contribution in [2.75, 3.05) is 18.6 Å². The topological polar surface area (TPSA) is 60.2 Å². The number of aryl methyl sites for hydroxylation is 1. The van der Waals surface area contributed by atoms with Crippen molar-refractivity contribution in [2.45, 2.75) is 13.0 Å². The lowest BCUT2D eigenvalue weighted by Crippen LogP contribution is -2.31. The van der Waals surface area contributed by atoms with Crippen molar-refractivity contribution < 1.29 is 9.53 Å². The molecule has 29 heavy (non-hydrogen) atoms. The van der Waals surface area contributed by atoms with Gasteiger partial charge in [0, 0.05) is 25.5 Å². The molecule has 152 valence electrons. The molecular weight excluding hydrogens is 451 g/mol. The highest BCUT2D eigenvalue weighted by molar-refractivity contribution is 7.22.